The highest BCUT2D eigenvalue weighted by Gasteiger charge is 2.44. The van der Waals surface area contributed by atoms with Gasteiger partial charge in [0.05, 0.1) is 34.2 Å². The van der Waals surface area contributed by atoms with Gasteiger partial charge in [-0.1, -0.05) is 150 Å². The maximum atomic E-state index is 14.4. The lowest BCUT2D eigenvalue weighted by atomic mass is 9.81. The van der Waals surface area contributed by atoms with Gasteiger partial charge in [0.2, 0.25) is 17.5 Å². The van der Waals surface area contributed by atoms with Crippen LogP contribution in [0.1, 0.15) is 167 Å². The molecule has 1 atom stereocenters. The number of aliphatic carboxylic acids is 1. The summed E-state index contributed by atoms with van der Waals surface area (Å²) in [6, 6.07) is 37.2. The SMILES string of the molecule is CCCCC[N+]1=C(/C=C/C2=C(Oc3ccc(S(=O)(=O)O)cc3)C(=C/C=C3/N(CCCCCC(=O)NCCC(=O)N4Cc5ccccc5-c5c(nnn5CCCCCC(C(=O)O)C(C)C)-c5ccccc54)c4ccc(C)cc4C3(C)C)/CCC2)C(C)(C)c2ccccc21. The van der Waals surface area contributed by atoms with E-state index in [4.69, 9.17) is 9.84 Å². The molecule has 16 heteroatoms. The molecule has 1 aliphatic carbocycles. The molecule has 92 heavy (non-hydrogen) atoms. The van der Waals surface area contributed by atoms with Crippen molar-refractivity contribution in [1.29, 1.82) is 0 Å². The van der Waals surface area contributed by atoms with Crippen LogP contribution in [0.3, 0.4) is 0 Å². The number of hydrogen-bond acceptors (Lipinski definition) is 9. The summed E-state index contributed by atoms with van der Waals surface area (Å²) in [4.78, 5) is 43.7. The largest absolute Gasteiger partial charge is 0.481 e. The van der Waals surface area contributed by atoms with Crippen molar-refractivity contribution in [3.8, 4) is 28.3 Å². The summed E-state index contributed by atoms with van der Waals surface area (Å²) in [7, 11) is -4.40. The number of carbonyl (C=O) groups excluding carboxylic acids is 2. The molecule has 6 aromatic rings. The Balaban J connectivity index is 0.809. The number of nitrogens with one attached hydrogen (secondary N) is 1. The average molecular weight is 1260 g/mol. The Bertz CT molecular complexity index is 3980. The molecule has 484 valence electrons. The molecule has 1 unspecified atom stereocenters. The molecule has 0 saturated heterocycles. The Kier molecular flexibility index (Phi) is 21.1. The highest BCUT2D eigenvalue weighted by Crippen LogP contribution is 2.49. The van der Waals surface area contributed by atoms with E-state index in [2.05, 4.69) is 134 Å². The molecule has 0 spiro atoms. The summed E-state index contributed by atoms with van der Waals surface area (Å²) >= 11 is 0. The van der Waals surface area contributed by atoms with Gasteiger partial charge in [0.15, 0.2) is 5.71 Å². The molecule has 10 rings (SSSR count). The fourth-order valence-corrected chi connectivity index (χ4v) is 14.4. The van der Waals surface area contributed by atoms with Crippen molar-refractivity contribution in [3.05, 3.63) is 184 Å². The Morgan fingerprint density at radius 2 is 1.49 bits per heavy atom. The van der Waals surface area contributed by atoms with Crippen LogP contribution in [0.15, 0.2) is 167 Å². The lowest BCUT2D eigenvalue weighted by Gasteiger charge is -2.28. The van der Waals surface area contributed by atoms with E-state index in [1.807, 2.05) is 61.0 Å². The first-order chi connectivity index (χ1) is 44.2. The first-order valence-electron chi connectivity index (χ1n) is 33.3. The number of nitrogens with zero attached hydrogens (tertiary/aromatic N) is 6. The molecule has 3 N–H and O–H groups in total. The number of unbranched alkanes of at least 4 members (excludes halogenated alkanes) is 6. The summed E-state index contributed by atoms with van der Waals surface area (Å²) in [6.45, 7) is 20.3. The van der Waals surface area contributed by atoms with Gasteiger partial charge in [-0.2, -0.15) is 13.0 Å². The van der Waals surface area contributed by atoms with Crippen LogP contribution in [-0.2, 0) is 48.4 Å². The molecule has 0 radical (unpaired) electrons. The maximum Gasteiger partial charge on any atom is 0.306 e. The number of carboxylic acid groups (broad SMARTS) is 1. The number of amides is 2. The normalized spacial score (nSPS) is 17.0. The van der Waals surface area contributed by atoms with Crippen LogP contribution in [0.25, 0.3) is 22.5 Å². The minimum Gasteiger partial charge on any atom is -0.481 e. The van der Waals surface area contributed by atoms with Crippen LogP contribution in [0, 0.1) is 18.8 Å². The minimum absolute atomic E-state index is 0.0801. The Labute approximate surface area is 544 Å². The van der Waals surface area contributed by atoms with E-state index < -0.39 is 16.1 Å². The summed E-state index contributed by atoms with van der Waals surface area (Å²) in [5.74, 6) is -0.00769. The number of para-hydroxylation sites is 2. The van der Waals surface area contributed by atoms with Crippen molar-refractivity contribution in [3.63, 3.8) is 0 Å². The lowest BCUT2D eigenvalue weighted by Crippen LogP contribution is -2.35. The Morgan fingerprint density at radius 1 is 0.761 bits per heavy atom. The quantitative estimate of drug-likeness (QED) is 0.0253. The van der Waals surface area contributed by atoms with E-state index in [1.165, 1.54) is 45.9 Å². The second-order valence-electron chi connectivity index (χ2n) is 26.6. The van der Waals surface area contributed by atoms with Crippen molar-refractivity contribution < 1.29 is 41.8 Å². The standard InChI is InChI=1S/C76H91N7O8S/c1-9-10-21-47-80-65-33-20-18-31-62(65)75(5,6)67(80)43-36-54-26-24-27-55(73(54)91-57-38-40-58(41-39-57)92(88,89)90)37-44-68-76(7,8)63-50-53(4)35-42-66(63)81(68)48-22-12-14-34-69(84)77-46-45-70(85)82-51-56-25-15-16-29-60(56)72-71(61-30-17-19-32-64(61)82)78-79-83(72)49-23-11-13-28-59(52(2)3)74(86)87/h15-20,25,29-33,35-44,50,52,59H,9-14,21-24,26-28,34,45-49,51H2,1-8H3,(H2-,77,84,86,87,88,89,90)/p+1. The van der Waals surface area contributed by atoms with Crippen LogP contribution in [0.2, 0.25) is 0 Å². The average Bonchev–Trinajstić information content (AvgIpc) is 1.58. The van der Waals surface area contributed by atoms with Gasteiger partial charge in [0.25, 0.3) is 10.1 Å². The van der Waals surface area contributed by atoms with E-state index in [9.17, 15) is 32.5 Å². The van der Waals surface area contributed by atoms with Gasteiger partial charge in [-0.25, -0.2) is 4.68 Å². The van der Waals surface area contributed by atoms with Crippen LogP contribution in [0.5, 0.6) is 5.75 Å². The molecule has 0 bridgehead atoms. The lowest BCUT2D eigenvalue weighted by molar-refractivity contribution is -0.438. The van der Waals surface area contributed by atoms with Crippen molar-refractivity contribution in [2.75, 3.05) is 29.4 Å². The van der Waals surface area contributed by atoms with Crippen molar-refractivity contribution >= 4 is 50.7 Å². The maximum absolute atomic E-state index is 14.4. The number of carbonyl (C=O) groups is 3. The van der Waals surface area contributed by atoms with Gasteiger partial charge in [-0.15, -0.1) is 5.10 Å². The zero-order chi connectivity index (χ0) is 65.3. The number of fused-ring (bicyclic) bond motifs is 7. The number of anilines is 2. The van der Waals surface area contributed by atoms with E-state index in [0.717, 1.165) is 134 Å². The molecular formula is C76H92N7O8S+. The number of aryl methyl sites for hydroxylation is 2. The van der Waals surface area contributed by atoms with Crippen LogP contribution >= 0.6 is 0 Å². The van der Waals surface area contributed by atoms with E-state index in [-0.39, 0.29) is 52.3 Å². The van der Waals surface area contributed by atoms with Gasteiger partial charge in [-0.3, -0.25) is 18.9 Å². The van der Waals surface area contributed by atoms with E-state index in [1.54, 1.807) is 17.0 Å². The van der Waals surface area contributed by atoms with Crippen LogP contribution in [-0.4, -0.2) is 80.8 Å². The van der Waals surface area contributed by atoms with Crippen LogP contribution < -0.4 is 19.9 Å². The number of benzene rings is 5. The van der Waals surface area contributed by atoms with Gasteiger partial charge in [0, 0.05) is 84.5 Å². The third kappa shape index (κ3) is 14.8. The number of hydrogen-bond donors (Lipinski definition) is 3. The number of aromatic nitrogens is 3. The zero-order valence-electron chi connectivity index (χ0n) is 55.0. The summed E-state index contributed by atoms with van der Waals surface area (Å²) in [5.41, 5.74) is 15.1. The molecule has 4 aliphatic rings. The molecule has 0 fully saturated rings. The molecule has 3 aliphatic heterocycles. The first-order valence-corrected chi connectivity index (χ1v) is 34.7. The van der Waals surface area contributed by atoms with Gasteiger partial charge < -0.3 is 25.0 Å². The van der Waals surface area contributed by atoms with E-state index in [0.29, 0.717) is 43.8 Å². The Hall–Kier alpha value is -8.21. The summed E-state index contributed by atoms with van der Waals surface area (Å²) in [5, 5.41) is 22.1. The van der Waals surface area contributed by atoms with Crippen molar-refractivity contribution in [2.24, 2.45) is 11.8 Å². The predicted molar refractivity (Wildman–Crippen MR) is 366 cm³/mol. The summed E-state index contributed by atoms with van der Waals surface area (Å²) in [6.07, 6.45) is 20.8. The fourth-order valence-electron chi connectivity index (χ4n) is 13.9. The van der Waals surface area contributed by atoms with Gasteiger partial charge in [-0.05, 0) is 149 Å². The van der Waals surface area contributed by atoms with Crippen LogP contribution in [0.4, 0.5) is 17.1 Å². The highest BCUT2D eigenvalue weighted by atomic mass is 32.2. The number of carboxylic acids is 1. The topological polar surface area (TPSA) is 187 Å². The third-order valence-electron chi connectivity index (χ3n) is 19.1. The monoisotopic (exact) mass is 1260 g/mol. The number of allylic oxidation sites excluding steroid dienone is 7. The highest BCUT2D eigenvalue weighted by molar-refractivity contribution is 7.85. The second-order valence-corrected chi connectivity index (χ2v) is 28.1. The molecule has 2 amide bonds. The number of rotatable bonds is 27. The molecule has 4 heterocycles. The smallest absolute Gasteiger partial charge is 0.306 e. The fraction of sp³-hybridized carbons (Fsp3) is 0.421. The zero-order valence-corrected chi connectivity index (χ0v) is 55.8. The Morgan fingerprint density at radius 3 is 2.25 bits per heavy atom. The molecule has 15 nitrogen and oxygen atoms in total. The first kappa shape index (κ1) is 66.7. The molecule has 5 aromatic carbocycles. The van der Waals surface area contributed by atoms with E-state index >= 15 is 0 Å². The number of ether oxygens (including phenoxy) is 1. The third-order valence-corrected chi connectivity index (χ3v) is 19.9. The predicted octanol–water partition coefficient (Wildman–Crippen LogP) is 15.9. The minimum atomic E-state index is -4.40. The summed E-state index contributed by atoms with van der Waals surface area (Å²) < 4.78 is 45.3. The molecular weight excluding hydrogens is 1170 g/mol. The van der Waals surface area contributed by atoms with Crippen molar-refractivity contribution in [2.45, 2.75) is 181 Å². The second kappa shape index (κ2) is 29.2. The molecule has 0 saturated carbocycles. The molecule has 1 aromatic heterocycles. The van der Waals surface area contributed by atoms with Gasteiger partial charge in [0.1, 0.15) is 23.7 Å². The van der Waals surface area contributed by atoms with Crippen molar-refractivity contribution in [1.82, 2.24) is 20.3 Å². The van der Waals surface area contributed by atoms with Gasteiger partial charge >= 0.3 is 5.97 Å².